The summed E-state index contributed by atoms with van der Waals surface area (Å²) in [5, 5.41) is 9.08. The lowest BCUT2D eigenvalue weighted by molar-refractivity contribution is -0.716. The van der Waals surface area contributed by atoms with Crippen LogP contribution in [0.4, 0.5) is 14.9 Å². The fourth-order valence-electron chi connectivity index (χ4n) is 2.70. The average Bonchev–Trinajstić information content (AvgIpc) is 2.96. The van der Waals surface area contributed by atoms with E-state index in [0.717, 1.165) is 5.56 Å². The average molecular weight is 367 g/mol. The van der Waals surface area contributed by atoms with Crippen LogP contribution >= 0.6 is 0 Å². The maximum Gasteiger partial charge on any atom is 0.414 e. The molecule has 1 aromatic heterocycles. The Morgan fingerprint density at radius 1 is 1.32 bits per heavy atom. The van der Waals surface area contributed by atoms with Gasteiger partial charge < -0.3 is 22.3 Å². The summed E-state index contributed by atoms with van der Waals surface area (Å²) in [5.41, 5.74) is 1.67. The molecular formula is C18H20ClFN2O3. The maximum absolute atomic E-state index is 14.5. The molecule has 2 aromatic rings. The Morgan fingerprint density at radius 2 is 2.00 bits per heavy atom. The zero-order valence-electron chi connectivity index (χ0n) is 14.0. The minimum Gasteiger partial charge on any atom is -1.00 e. The largest absolute Gasteiger partial charge is 1.00 e. The molecule has 0 saturated carbocycles. The highest BCUT2D eigenvalue weighted by atomic mass is 35.5. The zero-order chi connectivity index (χ0) is 17.3. The van der Waals surface area contributed by atoms with Crippen LogP contribution in [-0.2, 0) is 4.74 Å². The highest BCUT2D eigenvalue weighted by molar-refractivity contribution is 5.90. The SMILES string of the molecule is CC(C)[n+]1ccc(-c2ccc(N3C[C@H](CO)OC3=O)cc2F)cc1.[Cl-]. The highest BCUT2D eigenvalue weighted by Gasteiger charge is 2.32. The van der Waals surface area contributed by atoms with Crippen molar-refractivity contribution >= 4 is 11.8 Å². The third-order valence-corrected chi connectivity index (χ3v) is 4.10. The molecule has 1 amide bonds. The number of cyclic esters (lactones) is 1. The van der Waals surface area contributed by atoms with Crippen LogP contribution in [0.1, 0.15) is 19.9 Å². The second-order valence-corrected chi connectivity index (χ2v) is 6.09. The molecule has 1 aliphatic heterocycles. The van der Waals surface area contributed by atoms with E-state index in [2.05, 4.69) is 13.8 Å². The molecule has 1 fully saturated rings. The van der Waals surface area contributed by atoms with E-state index < -0.39 is 18.0 Å². The number of amides is 1. The zero-order valence-corrected chi connectivity index (χ0v) is 14.8. The van der Waals surface area contributed by atoms with Gasteiger partial charge in [-0.1, -0.05) is 0 Å². The molecule has 1 N–H and O–H groups in total. The summed E-state index contributed by atoms with van der Waals surface area (Å²) < 4.78 is 21.5. The number of ether oxygens (including phenoxy) is 1. The predicted octanol–water partition coefficient (Wildman–Crippen LogP) is -0.317. The molecule has 0 aliphatic carbocycles. The van der Waals surface area contributed by atoms with Gasteiger partial charge in [0.25, 0.3) is 0 Å². The molecule has 0 radical (unpaired) electrons. The van der Waals surface area contributed by atoms with E-state index in [9.17, 15) is 9.18 Å². The van der Waals surface area contributed by atoms with Gasteiger partial charge in [-0.15, -0.1) is 0 Å². The molecule has 0 spiro atoms. The van der Waals surface area contributed by atoms with Crippen LogP contribution in [-0.4, -0.2) is 30.5 Å². The number of nitrogens with zero attached hydrogens (tertiary/aromatic N) is 2. The van der Waals surface area contributed by atoms with Gasteiger partial charge in [-0.25, -0.2) is 13.8 Å². The quantitative estimate of drug-likeness (QED) is 0.755. The van der Waals surface area contributed by atoms with Crippen molar-refractivity contribution < 1.29 is 36.0 Å². The number of aliphatic hydroxyl groups is 1. The molecule has 25 heavy (non-hydrogen) atoms. The van der Waals surface area contributed by atoms with Gasteiger partial charge in [0.2, 0.25) is 0 Å². The first-order valence-electron chi connectivity index (χ1n) is 7.89. The lowest BCUT2D eigenvalue weighted by atomic mass is 10.1. The maximum atomic E-state index is 14.5. The first kappa shape index (κ1) is 19.1. The van der Waals surface area contributed by atoms with Gasteiger partial charge in [0.15, 0.2) is 18.4 Å². The number of hydrogen-bond donors (Lipinski definition) is 1. The van der Waals surface area contributed by atoms with Crippen LogP contribution in [0.3, 0.4) is 0 Å². The molecule has 1 atom stereocenters. The lowest BCUT2D eigenvalue weighted by Gasteiger charge is -2.14. The van der Waals surface area contributed by atoms with Crippen LogP contribution in [0.15, 0.2) is 42.7 Å². The molecule has 0 unspecified atom stereocenters. The number of aromatic nitrogens is 1. The number of anilines is 1. The van der Waals surface area contributed by atoms with Crippen LogP contribution in [0.2, 0.25) is 0 Å². The Balaban J connectivity index is 0.00000225. The lowest BCUT2D eigenvalue weighted by Crippen LogP contribution is -3.00. The molecule has 0 bridgehead atoms. The van der Waals surface area contributed by atoms with Crippen molar-refractivity contribution in [1.29, 1.82) is 0 Å². The summed E-state index contributed by atoms with van der Waals surface area (Å²) in [4.78, 5) is 13.1. The Labute approximate surface area is 152 Å². The molecule has 1 aromatic carbocycles. The number of pyridine rings is 1. The van der Waals surface area contributed by atoms with Gasteiger partial charge in [-0.05, 0) is 37.6 Å². The van der Waals surface area contributed by atoms with Crippen molar-refractivity contribution in [2.75, 3.05) is 18.1 Å². The number of halogens is 2. The molecular weight excluding hydrogens is 347 g/mol. The Hall–Kier alpha value is -2.18. The fraction of sp³-hybridized carbons (Fsp3) is 0.333. The van der Waals surface area contributed by atoms with Crippen molar-refractivity contribution in [3.63, 3.8) is 0 Å². The summed E-state index contributed by atoms with van der Waals surface area (Å²) in [5.74, 6) is -0.407. The Morgan fingerprint density at radius 3 is 2.52 bits per heavy atom. The van der Waals surface area contributed by atoms with Crippen molar-refractivity contribution in [3.8, 4) is 11.1 Å². The summed E-state index contributed by atoms with van der Waals surface area (Å²) in [7, 11) is 0. The monoisotopic (exact) mass is 366 g/mol. The standard InChI is InChI=1S/C18H20FN2O3.ClH/c1-12(2)20-7-5-13(6-8-20)16-4-3-14(9-17(16)19)21-10-15(11-22)24-18(21)23;/h3-9,12,15,22H,10-11H2,1-2H3;1H/q+1;/p-1/t15-;/m1./s1. The first-order valence-corrected chi connectivity index (χ1v) is 7.89. The minimum atomic E-state index is -0.570. The first-order chi connectivity index (χ1) is 11.5. The predicted molar refractivity (Wildman–Crippen MR) is 87.1 cm³/mol. The van der Waals surface area contributed by atoms with Gasteiger partial charge in [0.1, 0.15) is 11.9 Å². The topological polar surface area (TPSA) is 53.6 Å². The molecule has 1 saturated heterocycles. The van der Waals surface area contributed by atoms with Gasteiger partial charge in [-0.2, -0.15) is 0 Å². The molecule has 7 heteroatoms. The van der Waals surface area contributed by atoms with Gasteiger partial charge >= 0.3 is 6.09 Å². The van der Waals surface area contributed by atoms with Crippen molar-refractivity contribution in [2.45, 2.75) is 26.0 Å². The second-order valence-electron chi connectivity index (χ2n) is 6.09. The van der Waals surface area contributed by atoms with E-state index in [0.29, 0.717) is 17.3 Å². The molecule has 5 nitrogen and oxygen atoms in total. The van der Waals surface area contributed by atoms with E-state index in [1.165, 1.54) is 11.0 Å². The second kappa shape index (κ2) is 7.80. The number of aliphatic hydroxyl groups excluding tert-OH is 1. The Bertz CT molecular complexity index is 752. The van der Waals surface area contributed by atoms with Crippen LogP contribution < -0.4 is 21.9 Å². The van der Waals surface area contributed by atoms with E-state index in [-0.39, 0.29) is 25.6 Å². The molecule has 1 aliphatic rings. The van der Waals surface area contributed by atoms with Crippen molar-refractivity contribution in [3.05, 3.63) is 48.5 Å². The van der Waals surface area contributed by atoms with Crippen molar-refractivity contribution in [1.82, 2.24) is 0 Å². The normalized spacial score (nSPS) is 16.8. The Kier molecular flexibility index (Phi) is 5.98. The molecule has 134 valence electrons. The van der Waals surface area contributed by atoms with Gasteiger partial charge in [0.05, 0.1) is 18.8 Å². The van der Waals surface area contributed by atoms with Crippen LogP contribution in [0, 0.1) is 5.82 Å². The van der Waals surface area contributed by atoms with Crippen LogP contribution in [0.25, 0.3) is 11.1 Å². The number of carbonyl (C=O) groups is 1. The number of carbonyl (C=O) groups excluding carboxylic acids is 1. The summed E-state index contributed by atoms with van der Waals surface area (Å²) in [6.45, 7) is 4.12. The summed E-state index contributed by atoms with van der Waals surface area (Å²) >= 11 is 0. The van der Waals surface area contributed by atoms with E-state index >= 15 is 0 Å². The van der Waals surface area contributed by atoms with Crippen molar-refractivity contribution in [2.24, 2.45) is 0 Å². The van der Waals surface area contributed by atoms with E-state index in [4.69, 9.17) is 9.84 Å². The van der Waals surface area contributed by atoms with Gasteiger partial charge in [0, 0.05) is 17.7 Å². The molecule has 3 rings (SSSR count). The number of benzene rings is 1. The minimum absolute atomic E-state index is 0. The molecule has 2 heterocycles. The number of hydrogen-bond acceptors (Lipinski definition) is 3. The van der Waals surface area contributed by atoms with Gasteiger partial charge in [-0.3, -0.25) is 4.90 Å². The smallest absolute Gasteiger partial charge is 0.414 e. The highest BCUT2D eigenvalue weighted by Crippen LogP contribution is 2.28. The third kappa shape index (κ3) is 3.91. The van der Waals surface area contributed by atoms with E-state index in [1.54, 1.807) is 12.1 Å². The number of rotatable bonds is 4. The summed E-state index contributed by atoms with van der Waals surface area (Å²) in [6, 6.07) is 8.72. The van der Waals surface area contributed by atoms with E-state index in [1.807, 2.05) is 29.1 Å². The third-order valence-electron chi connectivity index (χ3n) is 4.10. The summed E-state index contributed by atoms with van der Waals surface area (Å²) in [6.07, 6.45) is 2.69. The van der Waals surface area contributed by atoms with Crippen LogP contribution in [0.5, 0.6) is 0 Å². The fourth-order valence-corrected chi connectivity index (χ4v) is 2.70.